The number of nitrogens with one attached hydrogen (secondary N) is 2. The highest BCUT2D eigenvalue weighted by Gasteiger charge is 2.37. The Morgan fingerprint density at radius 3 is 2.53 bits per heavy atom. The number of rotatable bonds is 9. The lowest BCUT2D eigenvalue weighted by Gasteiger charge is -2.27. The summed E-state index contributed by atoms with van der Waals surface area (Å²) in [6, 6.07) is 21.2. The van der Waals surface area contributed by atoms with Crippen molar-refractivity contribution in [2.75, 3.05) is 40.4 Å². The highest BCUT2D eigenvalue weighted by molar-refractivity contribution is 6.22. The monoisotopic (exact) mass is 581 g/mol. The average Bonchev–Trinajstić information content (AvgIpc) is 3.73. The van der Waals surface area contributed by atoms with Crippen LogP contribution >= 0.6 is 0 Å². The molecule has 0 saturated carbocycles. The highest BCUT2D eigenvalue weighted by atomic mass is 16.7. The number of aliphatic imine (C=N–C) groups is 1. The number of carbonyl (C=O) groups excluding carboxylic acids is 2. The molecule has 2 fully saturated rings. The van der Waals surface area contributed by atoms with Gasteiger partial charge in [0.05, 0.1) is 36.2 Å². The minimum atomic E-state index is -0.450. The van der Waals surface area contributed by atoms with Gasteiger partial charge in [0.1, 0.15) is 0 Å². The zero-order valence-electron chi connectivity index (χ0n) is 24.5. The van der Waals surface area contributed by atoms with Gasteiger partial charge in [-0.05, 0) is 55.3 Å². The Balaban J connectivity index is 1.24. The predicted octanol–water partition coefficient (Wildman–Crippen LogP) is 4.19. The van der Waals surface area contributed by atoms with Gasteiger partial charge in [-0.1, -0.05) is 30.3 Å². The van der Waals surface area contributed by atoms with Crippen LogP contribution in [0.4, 0.5) is 5.69 Å². The van der Waals surface area contributed by atoms with Crippen LogP contribution in [0.5, 0.6) is 5.88 Å². The summed E-state index contributed by atoms with van der Waals surface area (Å²) in [5.74, 6) is -0.759. The first-order chi connectivity index (χ1) is 20.8. The molecule has 6 rings (SSSR count). The van der Waals surface area contributed by atoms with Crippen LogP contribution in [0, 0.1) is 6.92 Å². The van der Waals surface area contributed by atoms with Gasteiger partial charge in [-0.2, -0.15) is 0 Å². The van der Waals surface area contributed by atoms with E-state index in [4.69, 9.17) is 14.6 Å². The molecule has 10 nitrogen and oxygen atoms in total. The van der Waals surface area contributed by atoms with Crippen LogP contribution in [0.3, 0.4) is 0 Å². The van der Waals surface area contributed by atoms with Crippen molar-refractivity contribution in [3.8, 4) is 5.88 Å². The molecule has 2 atom stereocenters. The van der Waals surface area contributed by atoms with E-state index in [1.165, 1.54) is 18.6 Å². The van der Waals surface area contributed by atoms with Crippen molar-refractivity contribution >= 4 is 34.2 Å². The maximum absolute atomic E-state index is 13.0. The number of benzene rings is 3. The zero-order chi connectivity index (χ0) is 30.1. The van der Waals surface area contributed by atoms with Gasteiger partial charge < -0.3 is 20.1 Å². The summed E-state index contributed by atoms with van der Waals surface area (Å²) in [5.41, 5.74) is 4.64. The first-order valence-electron chi connectivity index (χ1n) is 14.4. The van der Waals surface area contributed by atoms with Gasteiger partial charge in [0, 0.05) is 60.8 Å². The van der Waals surface area contributed by atoms with Gasteiger partial charge in [-0.3, -0.25) is 14.5 Å². The molecule has 2 unspecified atom stereocenters. The fourth-order valence-corrected chi connectivity index (χ4v) is 6.03. The number of methoxy groups -OCH3 is 1. The van der Waals surface area contributed by atoms with Gasteiger partial charge in [0.15, 0.2) is 5.88 Å². The van der Waals surface area contributed by atoms with E-state index in [9.17, 15) is 14.7 Å². The van der Waals surface area contributed by atoms with Crippen LogP contribution in [0.1, 0.15) is 43.8 Å². The molecule has 2 bridgehead atoms. The maximum Gasteiger partial charge on any atom is 0.338 e. The van der Waals surface area contributed by atoms with E-state index in [-0.39, 0.29) is 11.8 Å². The lowest BCUT2D eigenvalue weighted by molar-refractivity contribution is -0.111. The SMILES string of the molecule is COC(=O)c1cc2[nH]c(O)c(C(=Nc3ccc(C(=O)N(C)OCCN4CC5CC4CN5)cc3)c3ccccc3)c2cc1C. The second-order valence-corrected chi connectivity index (χ2v) is 11.1. The molecule has 1 amide bonds. The smallest absolute Gasteiger partial charge is 0.338 e. The number of hydroxylamine groups is 2. The number of hydrogen-bond acceptors (Lipinski definition) is 8. The molecule has 0 radical (unpaired) electrons. The van der Waals surface area contributed by atoms with Gasteiger partial charge in [0.25, 0.3) is 5.91 Å². The molecule has 0 spiro atoms. The summed E-state index contributed by atoms with van der Waals surface area (Å²) in [6.45, 7) is 5.12. The predicted molar refractivity (Wildman–Crippen MR) is 164 cm³/mol. The van der Waals surface area contributed by atoms with Gasteiger partial charge in [0.2, 0.25) is 0 Å². The summed E-state index contributed by atoms with van der Waals surface area (Å²) >= 11 is 0. The minimum Gasteiger partial charge on any atom is -0.494 e. The van der Waals surface area contributed by atoms with Gasteiger partial charge >= 0.3 is 5.97 Å². The van der Waals surface area contributed by atoms with Crippen molar-refractivity contribution in [3.63, 3.8) is 0 Å². The first kappa shape index (κ1) is 28.6. The normalized spacial score (nSPS) is 18.3. The first-order valence-corrected chi connectivity index (χ1v) is 14.4. The highest BCUT2D eigenvalue weighted by Crippen LogP contribution is 2.33. The van der Waals surface area contributed by atoms with Crippen LogP contribution in [0.2, 0.25) is 0 Å². The largest absolute Gasteiger partial charge is 0.494 e. The molecule has 4 aromatic rings. The summed E-state index contributed by atoms with van der Waals surface area (Å²) in [7, 11) is 2.97. The van der Waals surface area contributed by atoms with Crippen molar-refractivity contribution in [1.29, 1.82) is 0 Å². The van der Waals surface area contributed by atoms with Crippen molar-refractivity contribution in [2.24, 2.45) is 4.99 Å². The summed E-state index contributed by atoms with van der Waals surface area (Å²) in [4.78, 5) is 41.4. The minimum absolute atomic E-state index is 0.0670. The number of piperazine rings is 1. The summed E-state index contributed by atoms with van der Waals surface area (Å²) in [5, 5.41) is 16.5. The van der Waals surface area contributed by atoms with Crippen LogP contribution in [0.25, 0.3) is 10.9 Å². The molecule has 3 heterocycles. The van der Waals surface area contributed by atoms with E-state index < -0.39 is 5.97 Å². The molecular weight excluding hydrogens is 546 g/mol. The molecule has 222 valence electrons. The Kier molecular flexibility index (Phi) is 7.98. The van der Waals surface area contributed by atoms with Crippen LogP contribution in [-0.2, 0) is 9.57 Å². The number of esters is 1. The Bertz CT molecular complexity index is 1680. The molecule has 2 aliphatic heterocycles. The standard InChI is InChI=1S/C33H35N5O5/c1-20-15-27-28(17-26(20)33(41)42-3)36-31(39)29(27)30(21-7-5-4-6-8-21)35-23-11-9-22(10-12-23)32(40)37(2)43-14-13-38-19-24-16-25(38)18-34-24/h4-12,15,17,24-25,34,36,39H,13-14,16,18-19H2,1-3H3. The van der Waals surface area contributed by atoms with E-state index in [0.29, 0.717) is 63.2 Å². The Labute approximate surface area is 249 Å². The fourth-order valence-electron chi connectivity index (χ4n) is 6.03. The maximum atomic E-state index is 13.0. The van der Waals surface area contributed by atoms with E-state index in [2.05, 4.69) is 15.2 Å². The third kappa shape index (κ3) is 5.77. The summed E-state index contributed by atoms with van der Waals surface area (Å²) < 4.78 is 4.91. The number of carbonyl (C=O) groups is 2. The van der Waals surface area contributed by atoms with Crippen LogP contribution in [-0.4, -0.2) is 90.1 Å². The number of likely N-dealkylation sites (tertiary alicyclic amines) is 1. The van der Waals surface area contributed by atoms with E-state index in [1.54, 1.807) is 37.4 Å². The number of H-pyrrole nitrogens is 1. The number of aromatic amines is 1. The molecule has 3 aromatic carbocycles. The Morgan fingerprint density at radius 1 is 1.09 bits per heavy atom. The van der Waals surface area contributed by atoms with Gasteiger partial charge in [-0.15, -0.1) is 0 Å². The number of nitrogens with zero attached hydrogens (tertiary/aromatic N) is 3. The molecule has 2 saturated heterocycles. The lowest BCUT2D eigenvalue weighted by atomic mass is 9.98. The molecule has 0 aliphatic carbocycles. The number of amides is 1. The van der Waals surface area contributed by atoms with E-state index in [1.807, 2.05) is 43.3 Å². The quantitative estimate of drug-likeness (QED) is 0.154. The number of hydrogen-bond donors (Lipinski definition) is 3. The van der Waals surface area contributed by atoms with E-state index in [0.717, 1.165) is 25.2 Å². The number of fused-ring (bicyclic) bond motifs is 3. The Morgan fingerprint density at radius 2 is 1.86 bits per heavy atom. The van der Waals surface area contributed by atoms with Crippen molar-refractivity contribution in [2.45, 2.75) is 25.4 Å². The fraction of sp³-hybridized carbons (Fsp3) is 0.303. The molecule has 10 heteroatoms. The number of ether oxygens (including phenoxy) is 1. The zero-order valence-corrected chi connectivity index (χ0v) is 24.5. The third-order valence-electron chi connectivity index (χ3n) is 8.29. The molecule has 2 aliphatic rings. The number of aromatic nitrogens is 1. The van der Waals surface area contributed by atoms with E-state index >= 15 is 0 Å². The topological polar surface area (TPSA) is 119 Å². The number of aromatic hydroxyl groups is 1. The average molecular weight is 582 g/mol. The molecular formula is C33H35N5O5. The van der Waals surface area contributed by atoms with Crippen LogP contribution in [0.15, 0.2) is 71.7 Å². The molecule has 43 heavy (non-hydrogen) atoms. The lowest BCUT2D eigenvalue weighted by Crippen LogP contribution is -2.45. The third-order valence-corrected chi connectivity index (χ3v) is 8.29. The Hall–Kier alpha value is -4.51. The van der Waals surface area contributed by atoms with Crippen molar-refractivity contribution in [3.05, 3.63) is 94.5 Å². The second kappa shape index (κ2) is 12.0. The van der Waals surface area contributed by atoms with Crippen molar-refractivity contribution < 1.29 is 24.3 Å². The van der Waals surface area contributed by atoms with Crippen molar-refractivity contribution in [1.82, 2.24) is 20.3 Å². The van der Waals surface area contributed by atoms with Crippen LogP contribution < -0.4 is 5.32 Å². The molecule has 3 N–H and O–H groups in total. The molecule has 1 aromatic heterocycles. The number of aryl methyl sites for hydroxylation is 1. The van der Waals surface area contributed by atoms with Gasteiger partial charge in [-0.25, -0.2) is 14.9 Å². The summed E-state index contributed by atoms with van der Waals surface area (Å²) in [6.07, 6.45) is 1.19. The second-order valence-electron chi connectivity index (χ2n) is 11.1.